The molecule has 0 aromatic heterocycles. The Balaban J connectivity index is 1.38. The van der Waals surface area contributed by atoms with Gasteiger partial charge in [0.15, 0.2) is 23.0 Å². The second-order valence-corrected chi connectivity index (χ2v) is 10.4. The number of benzene rings is 3. The fourth-order valence-corrected chi connectivity index (χ4v) is 5.62. The normalized spacial score (nSPS) is 20.3. The van der Waals surface area contributed by atoms with Gasteiger partial charge in [-0.05, 0) is 73.1 Å². The Morgan fingerprint density at radius 2 is 1.54 bits per heavy atom. The highest BCUT2D eigenvalue weighted by Gasteiger charge is 2.35. The van der Waals surface area contributed by atoms with E-state index in [0.717, 1.165) is 64.8 Å². The molecule has 0 radical (unpaired) electrons. The van der Waals surface area contributed by atoms with E-state index in [4.69, 9.17) is 23.9 Å². The van der Waals surface area contributed by atoms with E-state index in [0.29, 0.717) is 24.5 Å². The number of aliphatic imine (C=N–C) groups is 1. The van der Waals surface area contributed by atoms with Gasteiger partial charge >= 0.3 is 0 Å². The van der Waals surface area contributed by atoms with Crippen LogP contribution in [0.5, 0.6) is 23.0 Å². The van der Waals surface area contributed by atoms with Crippen LogP contribution in [0, 0.1) is 5.92 Å². The summed E-state index contributed by atoms with van der Waals surface area (Å²) in [6, 6.07) is 21.1. The fraction of sp³-hybridized carbons (Fsp3) is 0.406. The van der Waals surface area contributed by atoms with Gasteiger partial charge in [-0.1, -0.05) is 43.2 Å². The lowest BCUT2D eigenvalue weighted by molar-refractivity contribution is 0.254. The van der Waals surface area contributed by atoms with E-state index >= 15 is 0 Å². The Morgan fingerprint density at radius 1 is 0.757 bits per heavy atom. The summed E-state index contributed by atoms with van der Waals surface area (Å²) in [5.41, 5.74) is 5.64. The zero-order valence-electron chi connectivity index (χ0n) is 21.7. The lowest BCUT2D eigenvalue weighted by atomic mass is 9.75. The van der Waals surface area contributed by atoms with Gasteiger partial charge in [-0.2, -0.15) is 0 Å². The third-order valence-corrected chi connectivity index (χ3v) is 7.86. The highest BCUT2D eigenvalue weighted by Crippen LogP contribution is 2.45. The minimum Gasteiger partial charge on any atom is -0.493 e. The first-order chi connectivity index (χ1) is 18.2. The number of methoxy groups -OCH3 is 2. The summed E-state index contributed by atoms with van der Waals surface area (Å²) in [6.45, 7) is 1.23. The molecule has 0 bridgehead atoms. The van der Waals surface area contributed by atoms with Crippen molar-refractivity contribution in [2.75, 3.05) is 20.8 Å². The van der Waals surface area contributed by atoms with Crippen molar-refractivity contribution in [3.63, 3.8) is 0 Å². The monoisotopic (exact) mass is 497 g/mol. The second kappa shape index (κ2) is 10.5. The van der Waals surface area contributed by atoms with Crippen molar-refractivity contribution in [2.45, 2.75) is 57.1 Å². The second-order valence-electron chi connectivity index (χ2n) is 10.4. The first-order valence-corrected chi connectivity index (χ1v) is 13.5. The first kappa shape index (κ1) is 23.9. The van der Waals surface area contributed by atoms with Crippen molar-refractivity contribution in [1.82, 2.24) is 0 Å². The molecule has 1 heterocycles. The molecular weight excluding hydrogens is 462 g/mol. The van der Waals surface area contributed by atoms with Crippen molar-refractivity contribution in [1.29, 1.82) is 0 Å². The topological polar surface area (TPSA) is 49.3 Å². The zero-order valence-corrected chi connectivity index (χ0v) is 21.7. The maximum atomic E-state index is 6.33. The van der Waals surface area contributed by atoms with E-state index in [1.807, 2.05) is 24.3 Å². The summed E-state index contributed by atoms with van der Waals surface area (Å²) >= 11 is 0. The van der Waals surface area contributed by atoms with Gasteiger partial charge in [0.05, 0.1) is 32.6 Å². The third kappa shape index (κ3) is 5.04. The highest BCUT2D eigenvalue weighted by molar-refractivity contribution is 6.15. The van der Waals surface area contributed by atoms with E-state index < -0.39 is 0 Å². The largest absolute Gasteiger partial charge is 0.493 e. The summed E-state index contributed by atoms with van der Waals surface area (Å²) in [5.74, 6) is 4.15. The first-order valence-electron chi connectivity index (χ1n) is 13.5. The van der Waals surface area contributed by atoms with Crippen molar-refractivity contribution >= 4 is 5.71 Å². The van der Waals surface area contributed by atoms with Crippen molar-refractivity contribution in [3.05, 3.63) is 82.9 Å². The number of hydrogen-bond donors (Lipinski definition) is 0. The predicted octanol–water partition coefficient (Wildman–Crippen LogP) is 6.95. The smallest absolute Gasteiger partial charge is 0.161 e. The Morgan fingerprint density at radius 3 is 2.32 bits per heavy atom. The molecule has 0 saturated heterocycles. The van der Waals surface area contributed by atoms with Crippen LogP contribution in [0.3, 0.4) is 0 Å². The lowest BCUT2D eigenvalue weighted by Gasteiger charge is -2.36. The Hall–Kier alpha value is -3.47. The van der Waals surface area contributed by atoms with Gasteiger partial charge in [0, 0.05) is 17.0 Å². The van der Waals surface area contributed by atoms with Crippen LogP contribution in [0.4, 0.5) is 0 Å². The standard InChI is InChI=1S/C32H35NO4/c1-34-29-17-25-24-10-6-7-11-27(24)33-32(26(25)18-30(29)35-2)23-14-15-28(31(16-23)37-20-22-12-13-22)36-19-21-8-4-3-5-9-21/h3-5,8-9,14-18,22,24,27H,6-7,10-13,19-20H2,1-2H3/t24-,27-/m0/s1. The van der Waals surface area contributed by atoms with Gasteiger partial charge in [-0.25, -0.2) is 0 Å². The number of hydrogen-bond acceptors (Lipinski definition) is 5. The van der Waals surface area contributed by atoms with Crippen LogP contribution >= 0.6 is 0 Å². The van der Waals surface area contributed by atoms with Gasteiger partial charge < -0.3 is 18.9 Å². The molecular formula is C32H35NO4. The van der Waals surface area contributed by atoms with Gasteiger partial charge in [-0.15, -0.1) is 0 Å². The number of nitrogens with zero attached hydrogens (tertiary/aromatic N) is 1. The molecule has 3 aromatic carbocycles. The van der Waals surface area contributed by atoms with Crippen LogP contribution in [0.15, 0.2) is 65.7 Å². The fourth-order valence-electron chi connectivity index (χ4n) is 5.62. The van der Waals surface area contributed by atoms with Crippen LogP contribution in [-0.2, 0) is 6.61 Å². The molecule has 2 aliphatic carbocycles. The van der Waals surface area contributed by atoms with E-state index in [1.54, 1.807) is 14.2 Å². The Kier molecular flexibility index (Phi) is 6.77. The number of rotatable bonds is 9. The molecule has 2 saturated carbocycles. The Labute approximate surface area is 219 Å². The predicted molar refractivity (Wildman–Crippen MR) is 146 cm³/mol. The number of fused-ring (bicyclic) bond motifs is 3. The van der Waals surface area contributed by atoms with Gasteiger partial charge in [0.2, 0.25) is 0 Å². The average molecular weight is 498 g/mol. The van der Waals surface area contributed by atoms with E-state index in [2.05, 4.69) is 36.4 Å². The van der Waals surface area contributed by atoms with Gasteiger partial charge in [0.1, 0.15) is 6.61 Å². The van der Waals surface area contributed by atoms with Crippen LogP contribution in [-0.4, -0.2) is 32.6 Å². The molecule has 6 rings (SSSR count). The maximum absolute atomic E-state index is 6.33. The zero-order chi connectivity index (χ0) is 25.2. The maximum Gasteiger partial charge on any atom is 0.161 e. The van der Waals surface area contributed by atoms with Gasteiger partial charge in [-0.3, -0.25) is 4.99 Å². The van der Waals surface area contributed by atoms with E-state index in [9.17, 15) is 0 Å². The summed E-state index contributed by atoms with van der Waals surface area (Å²) in [4.78, 5) is 5.34. The molecule has 5 heteroatoms. The molecule has 1 aliphatic heterocycles. The van der Waals surface area contributed by atoms with Crippen molar-refractivity contribution in [2.24, 2.45) is 10.9 Å². The van der Waals surface area contributed by atoms with Crippen molar-refractivity contribution < 1.29 is 18.9 Å². The molecule has 0 unspecified atom stereocenters. The van der Waals surface area contributed by atoms with Crippen molar-refractivity contribution in [3.8, 4) is 23.0 Å². The summed E-state index contributed by atoms with van der Waals surface area (Å²) in [7, 11) is 3.40. The summed E-state index contributed by atoms with van der Waals surface area (Å²) in [6.07, 6.45) is 7.22. The molecule has 2 atom stereocenters. The van der Waals surface area contributed by atoms with E-state index in [-0.39, 0.29) is 0 Å². The molecule has 0 N–H and O–H groups in total. The molecule has 192 valence electrons. The third-order valence-electron chi connectivity index (χ3n) is 7.86. The Bertz CT molecular complexity index is 1280. The summed E-state index contributed by atoms with van der Waals surface area (Å²) in [5, 5.41) is 0. The quantitative estimate of drug-likeness (QED) is 0.321. The lowest BCUT2D eigenvalue weighted by Crippen LogP contribution is -2.29. The highest BCUT2D eigenvalue weighted by atomic mass is 16.5. The van der Waals surface area contributed by atoms with Crippen LogP contribution < -0.4 is 18.9 Å². The SMILES string of the molecule is COc1cc2c(cc1OC)[C@@H]1CCCC[C@@H]1N=C2c1ccc(OCc2ccccc2)c(OCC2CC2)c1. The molecule has 5 nitrogen and oxygen atoms in total. The molecule has 3 aliphatic rings. The van der Waals surface area contributed by atoms with Crippen LogP contribution in [0.1, 0.15) is 66.7 Å². The minimum absolute atomic E-state index is 0.291. The van der Waals surface area contributed by atoms with Gasteiger partial charge in [0.25, 0.3) is 0 Å². The molecule has 0 amide bonds. The molecule has 2 fully saturated rings. The van der Waals surface area contributed by atoms with E-state index in [1.165, 1.54) is 31.2 Å². The molecule has 3 aromatic rings. The van der Waals surface area contributed by atoms with Crippen LogP contribution in [0.2, 0.25) is 0 Å². The number of ether oxygens (including phenoxy) is 4. The average Bonchev–Trinajstić information content (AvgIpc) is 3.79. The van der Waals surface area contributed by atoms with Crippen LogP contribution in [0.25, 0.3) is 0 Å². The summed E-state index contributed by atoms with van der Waals surface area (Å²) < 4.78 is 23.9. The molecule has 37 heavy (non-hydrogen) atoms. The molecule has 0 spiro atoms. The minimum atomic E-state index is 0.291.